The van der Waals surface area contributed by atoms with Gasteiger partial charge in [-0.3, -0.25) is 4.68 Å². The minimum atomic E-state index is 0. The fourth-order valence-electron chi connectivity index (χ4n) is 2.18. The molecule has 120 valence electrons. The van der Waals surface area contributed by atoms with Crippen LogP contribution in [0.15, 0.2) is 17.6 Å². The van der Waals surface area contributed by atoms with Gasteiger partial charge in [-0.15, -0.1) is 30.6 Å². The molecule has 0 aliphatic carbocycles. The Morgan fingerprint density at radius 2 is 2.14 bits per heavy atom. The first-order chi connectivity index (χ1) is 9.49. The van der Waals surface area contributed by atoms with Crippen molar-refractivity contribution in [3.63, 3.8) is 0 Å². The van der Waals surface area contributed by atoms with E-state index >= 15 is 0 Å². The summed E-state index contributed by atoms with van der Waals surface area (Å²) in [6, 6.07) is 0.291. The second-order valence-corrected chi connectivity index (χ2v) is 5.03. The van der Waals surface area contributed by atoms with Crippen LogP contribution in [0.2, 0.25) is 0 Å². The zero-order valence-electron chi connectivity index (χ0n) is 13.7. The molecule has 0 radical (unpaired) electrons. The van der Waals surface area contributed by atoms with Crippen molar-refractivity contribution in [2.45, 2.75) is 40.2 Å². The van der Waals surface area contributed by atoms with Crippen LogP contribution in [-0.2, 0) is 13.5 Å². The van der Waals surface area contributed by atoms with Crippen molar-refractivity contribution < 1.29 is 0 Å². The summed E-state index contributed by atoms with van der Waals surface area (Å²) in [5, 5.41) is 11.1. The maximum Gasteiger partial charge on any atom is 0.191 e. The second-order valence-electron chi connectivity index (χ2n) is 5.03. The van der Waals surface area contributed by atoms with Crippen molar-refractivity contribution in [1.29, 1.82) is 0 Å². The molecule has 0 spiro atoms. The maximum absolute atomic E-state index is 4.46. The first kappa shape index (κ1) is 19.9. The van der Waals surface area contributed by atoms with Crippen LogP contribution in [0.1, 0.15) is 30.8 Å². The molecule has 0 saturated heterocycles. The van der Waals surface area contributed by atoms with E-state index in [0.717, 1.165) is 24.6 Å². The molecule has 1 heterocycles. The highest BCUT2D eigenvalue weighted by atomic mass is 127. The standard InChI is InChI=1S/C15H27N5.HI/c1-7-9-17-15(16-8-2)18-11(3)10-14-12(4)19-20(6)13(14)5;/h7,11H,1,8-10H2,2-6H3,(H2,16,17,18);1H. The minimum absolute atomic E-state index is 0. The normalized spacial score (nSPS) is 12.5. The predicted octanol–water partition coefficient (Wildman–Crippen LogP) is 2.33. The average Bonchev–Trinajstić information content (AvgIpc) is 2.63. The minimum Gasteiger partial charge on any atom is -0.357 e. The predicted molar refractivity (Wildman–Crippen MR) is 101 cm³/mol. The van der Waals surface area contributed by atoms with Gasteiger partial charge < -0.3 is 10.6 Å². The molecule has 0 bridgehead atoms. The quantitative estimate of drug-likeness (QED) is 0.331. The van der Waals surface area contributed by atoms with E-state index in [2.05, 4.69) is 55.0 Å². The topological polar surface area (TPSA) is 54.2 Å². The van der Waals surface area contributed by atoms with Gasteiger partial charge in [0, 0.05) is 25.3 Å². The first-order valence-corrected chi connectivity index (χ1v) is 7.14. The number of guanidine groups is 1. The highest BCUT2D eigenvalue weighted by molar-refractivity contribution is 14.0. The third kappa shape index (κ3) is 6.07. The zero-order valence-corrected chi connectivity index (χ0v) is 16.1. The van der Waals surface area contributed by atoms with Gasteiger partial charge in [-0.1, -0.05) is 6.08 Å². The Hall–Kier alpha value is -1.05. The summed E-state index contributed by atoms with van der Waals surface area (Å²) in [5.41, 5.74) is 3.64. The number of nitrogens with zero attached hydrogens (tertiary/aromatic N) is 3. The molecule has 21 heavy (non-hydrogen) atoms. The van der Waals surface area contributed by atoms with Crippen molar-refractivity contribution >= 4 is 29.9 Å². The van der Waals surface area contributed by atoms with Crippen molar-refractivity contribution in [2.75, 3.05) is 13.1 Å². The smallest absolute Gasteiger partial charge is 0.191 e. The number of halogens is 1. The van der Waals surface area contributed by atoms with Crippen molar-refractivity contribution in [3.8, 4) is 0 Å². The molecule has 1 aromatic heterocycles. The van der Waals surface area contributed by atoms with E-state index in [1.807, 2.05) is 11.7 Å². The molecule has 1 atom stereocenters. The van der Waals surface area contributed by atoms with Gasteiger partial charge in [-0.2, -0.15) is 5.10 Å². The summed E-state index contributed by atoms with van der Waals surface area (Å²) in [7, 11) is 1.99. The second kappa shape index (κ2) is 9.81. The van der Waals surface area contributed by atoms with E-state index in [4.69, 9.17) is 0 Å². The Morgan fingerprint density at radius 3 is 2.62 bits per heavy atom. The van der Waals surface area contributed by atoms with Crippen molar-refractivity contribution in [3.05, 3.63) is 29.6 Å². The molecule has 1 unspecified atom stereocenters. The van der Waals surface area contributed by atoms with Gasteiger partial charge in [0.2, 0.25) is 0 Å². The maximum atomic E-state index is 4.46. The lowest BCUT2D eigenvalue weighted by Crippen LogP contribution is -2.43. The monoisotopic (exact) mass is 405 g/mol. The van der Waals surface area contributed by atoms with Crippen LogP contribution in [0.4, 0.5) is 0 Å². The Morgan fingerprint density at radius 1 is 1.48 bits per heavy atom. The van der Waals surface area contributed by atoms with Gasteiger partial charge in [0.05, 0.1) is 12.2 Å². The van der Waals surface area contributed by atoms with Crippen LogP contribution >= 0.6 is 24.0 Å². The van der Waals surface area contributed by atoms with E-state index in [-0.39, 0.29) is 24.0 Å². The van der Waals surface area contributed by atoms with Gasteiger partial charge in [0.1, 0.15) is 0 Å². The highest BCUT2D eigenvalue weighted by Gasteiger charge is 2.13. The Bertz CT molecular complexity index is 479. The van der Waals surface area contributed by atoms with Crippen LogP contribution in [0.5, 0.6) is 0 Å². The number of rotatable bonds is 6. The summed E-state index contributed by atoms with van der Waals surface area (Å²) < 4.78 is 1.94. The largest absolute Gasteiger partial charge is 0.357 e. The highest BCUT2D eigenvalue weighted by Crippen LogP contribution is 2.13. The number of aromatic nitrogens is 2. The fraction of sp³-hybridized carbons (Fsp3) is 0.600. The van der Waals surface area contributed by atoms with Crippen LogP contribution in [0.25, 0.3) is 0 Å². The van der Waals surface area contributed by atoms with Gasteiger partial charge in [-0.05, 0) is 39.7 Å². The third-order valence-corrected chi connectivity index (χ3v) is 3.28. The van der Waals surface area contributed by atoms with Gasteiger partial charge in [-0.25, -0.2) is 4.99 Å². The summed E-state index contributed by atoms with van der Waals surface area (Å²) >= 11 is 0. The van der Waals surface area contributed by atoms with E-state index in [1.54, 1.807) is 6.08 Å². The van der Waals surface area contributed by atoms with E-state index in [9.17, 15) is 0 Å². The molecular formula is C15H28IN5. The Kier molecular flexibility index (Phi) is 9.32. The lowest BCUT2D eigenvalue weighted by molar-refractivity contribution is 0.637. The molecule has 0 fully saturated rings. The van der Waals surface area contributed by atoms with Gasteiger partial charge in [0.15, 0.2) is 5.96 Å². The SMILES string of the molecule is C=CCN=C(NCC)NC(C)Cc1c(C)nn(C)c1C.I. The first-order valence-electron chi connectivity index (χ1n) is 7.14. The number of aliphatic imine (C=N–C) groups is 1. The molecule has 0 aromatic carbocycles. The molecule has 1 rings (SSSR count). The fourth-order valence-corrected chi connectivity index (χ4v) is 2.18. The van der Waals surface area contributed by atoms with E-state index < -0.39 is 0 Å². The molecule has 1 aromatic rings. The number of aryl methyl sites for hydroxylation is 2. The Balaban J connectivity index is 0.00000400. The zero-order chi connectivity index (χ0) is 15.1. The number of hydrogen-bond acceptors (Lipinski definition) is 2. The van der Waals surface area contributed by atoms with Crippen LogP contribution in [0.3, 0.4) is 0 Å². The average molecular weight is 405 g/mol. The molecule has 0 amide bonds. The summed E-state index contributed by atoms with van der Waals surface area (Å²) in [6.07, 6.45) is 2.73. The third-order valence-electron chi connectivity index (χ3n) is 3.28. The lowest BCUT2D eigenvalue weighted by Gasteiger charge is -2.18. The van der Waals surface area contributed by atoms with Gasteiger partial charge >= 0.3 is 0 Å². The summed E-state index contributed by atoms with van der Waals surface area (Å²) in [6.45, 7) is 13.5. The number of hydrogen-bond donors (Lipinski definition) is 2. The number of nitrogens with one attached hydrogen (secondary N) is 2. The lowest BCUT2D eigenvalue weighted by atomic mass is 10.1. The van der Waals surface area contributed by atoms with E-state index in [0.29, 0.717) is 12.6 Å². The van der Waals surface area contributed by atoms with Crippen LogP contribution < -0.4 is 10.6 Å². The summed E-state index contributed by atoms with van der Waals surface area (Å²) in [4.78, 5) is 4.42. The molecule has 0 aliphatic heterocycles. The Labute approximate surface area is 145 Å². The van der Waals surface area contributed by atoms with Crippen molar-refractivity contribution in [2.24, 2.45) is 12.0 Å². The van der Waals surface area contributed by atoms with E-state index in [1.165, 1.54) is 11.3 Å². The molecule has 2 N–H and O–H groups in total. The molecule has 0 saturated carbocycles. The van der Waals surface area contributed by atoms with Gasteiger partial charge in [0.25, 0.3) is 0 Å². The van der Waals surface area contributed by atoms with Crippen molar-refractivity contribution in [1.82, 2.24) is 20.4 Å². The molecule has 5 nitrogen and oxygen atoms in total. The molecule has 6 heteroatoms. The molecule has 0 aliphatic rings. The summed E-state index contributed by atoms with van der Waals surface area (Å²) in [5.74, 6) is 0.832. The molecular weight excluding hydrogens is 377 g/mol. The van der Waals surface area contributed by atoms with Crippen LogP contribution in [-0.4, -0.2) is 34.9 Å². The van der Waals surface area contributed by atoms with Crippen LogP contribution in [0, 0.1) is 13.8 Å².